The number of anilines is 1. The lowest BCUT2D eigenvalue weighted by molar-refractivity contribution is -0.228. The molecule has 0 amide bonds. The zero-order valence-corrected chi connectivity index (χ0v) is 52.8. The number of sulfone groups is 1. The third-order valence-corrected chi connectivity index (χ3v) is 18.1. The van der Waals surface area contributed by atoms with Crippen molar-refractivity contribution < 1.29 is 58.8 Å². The van der Waals surface area contributed by atoms with Gasteiger partial charge in [-0.3, -0.25) is 14.2 Å². The lowest BCUT2D eigenvalue weighted by Crippen LogP contribution is -2.30. The molecule has 4 rings (SSSR count). The van der Waals surface area contributed by atoms with E-state index >= 15 is 0 Å². The molecular formula is C61H99N4O13PS2. The number of rotatable bonds is 43. The summed E-state index contributed by atoms with van der Waals surface area (Å²) in [7, 11) is -13.8. The Morgan fingerprint density at radius 2 is 1.19 bits per heavy atom. The zero-order chi connectivity index (χ0) is 58.4. The minimum absolute atomic E-state index is 0. The summed E-state index contributed by atoms with van der Waals surface area (Å²) >= 11 is 0. The molecule has 20 heteroatoms. The number of phosphoric ester groups is 1. The first kappa shape index (κ1) is 71.1. The summed E-state index contributed by atoms with van der Waals surface area (Å²) in [5.41, 5.74) is 2.85. The molecule has 0 saturated heterocycles. The molecule has 1 unspecified atom stereocenters. The molecule has 2 aromatic rings. The Morgan fingerprint density at radius 3 is 1.72 bits per heavy atom. The Hall–Kier alpha value is -4.20. The van der Waals surface area contributed by atoms with Gasteiger partial charge in [-0.25, -0.2) is 21.4 Å². The minimum atomic E-state index is -5.15. The van der Waals surface area contributed by atoms with Crippen LogP contribution in [0.5, 0.6) is 0 Å². The lowest BCUT2D eigenvalue weighted by atomic mass is 9.93. The quantitative estimate of drug-likeness (QED) is 0.0142. The molecule has 458 valence electrons. The summed E-state index contributed by atoms with van der Waals surface area (Å²) in [5, 5.41) is 1.54. The highest BCUT2D eigenvalue weighted by molar-refractivity contribution is 7.94. The number of quaternary nitrogens is 1. The van der Waals surface area contributed by atoms with Gasteiger partial charge < -0.3 is 43.6 Å². The molecule has 0 spiro atoms. The Labute approximate surface area is 485 Å². The summed E-state index contributed by atoms with van der Waals surface area (Å²) in [6, 6.07) is 15.3. The van der Waals surface area contributed by atoms with Gasteiger partial charge in [-0.2, -0.15) is 0 Å². The Kier molecular flexibility index (Phi) is 33.2. The molecule has 1 aliphatic heterocycles. The molecule has 0 aromatic heterocycles. The van der Waals surface area contributed by atoms with E-state index in [0.717, 1.165) is 94.5 Å². The minimum Gasteiger partial charge on any atom is -0.756 e. The normalized spacial score (nSPS) is 13.0. The highest BCUT2D eigenvalue weighted by atomic mass is 32.2. The number of fused-ring (bicyclic) bond motifs is 2. The van der Waals surface area contributed by atoms with E-state index in [1.165, 1.54) is 95.6 Å². The third kappa shape index (κ3) is 24.9. The van der Waals surface area contributed by atoms with Crippen molar-refractivity contribution in [3.05, 3.63) is 64.7 Å². The van der Waals surface area contributed by atoms with Gasteiger partial charge in [0.15, 0.2) is 15.9 Å². The van der Waals surface area contributed by atoms with Crippen LogP contribution >= 0.6 is 7.82 Å². The van der Waals surface area contributed by atoms with Crippen molar-refractivity contribution >= 4 is 56.3 Å². The van der Waals surface area contributed by atoms with E-state index in [0.29, 0.717) is 40.7 Å². The monoisotopic (exact) mass is 1190 g/mol. The average Bonchev–Trinajstić information content (AvgIpc) is 3.63. The van der Waals surface area contributed by atoms with Crippen LogP contribution in [-0.4, -0.2) is 93.7 Å². The predicted molar refractivity (Wildman–Crippen MR) is 325 cm³/mol. The standard InChI is InChI=1S/C61H96N3O13PS2.H3N/c1-8-14-16-18-20-22-24-26-28-30-32-34-59(65)73-47-51(76-60(66)35-33-31-29-27-25-23-21-19-17-15-9-2)48-75-78(67,68)74-43-42-62-80(71,72)52-38-41-55(58(46-52)79(7,69)70)61-53-39-36-49(63(10-3)11-4)44-56(53)77-57-45-50(37-40-54(57)61)64(12-5)13-6;/h36-41,44-46,51H,8-35,42-43,47-48H2,1-7H3,(H,67,68);1H3/t51-;/m1./s1. The van der Waals surface area contributed by atoms with Gasteiger partial charge in [0.25, 0.3) is 7.82 Å². The highest BCUT2D eigenvalue weighted by Crippen LogP contribution is 2.44. The molecule has 17 nitrogen and oxygen atoms in total. The highest BCUT2D eigenvalue weighted by Gasteiger charge is 2.26. The van der Waals surface area contributed by atoms with Crippen LogP contribution in [-0.2, 0) is 52.5 Å². The van der Waals surface area contributed by atoms with Crippen molar-refractivity contribution in [2.45, 2.75) is 212 Å². The summed E-state index contributed by atoms with van der Waals surface area (Å²) < 4.78 is 101. The van der Waals surface area contributed by atoms with Gasteiger partial charge in [0.2, 0.25) is 5.36 Å². The number of ether oxygens (including phenoxy) is 2. The zero-order valence-electron chi connectivity index (χ0n) is 50.3. The maximum absolute atomic E-state index is 13.7. The van der Waals surface area contributed by atoms with E-state index in [9.17, 15) is 35.9 Å². The van der Waals surface area contributed by atoms with Crippen LogP contribution in [0.15, 0.2) is 68.8 Å². The van der Waals surface area contributed by atoms with Crippen LogP contribution in [0.25, 0.3) is 38.1 Å². The van der Waals surface area contributed by atoms with Crippen molar-refractivity contribution in [3.8, 4) is 22.5 Å². The Balaban J connectivity index is 0.0000172. The van der Waals surface area contributed by atoms with Gasteiger partial charge in [0, 0.05) is 83.6 Å². The van der Waals surface area contributed by atoms with Gasteiger partial charge >= 0.3 is 11.9 Å². The van der Waals surface area contributed by atoms with E-state index in [1.807, 2.05) is 36.4 Å². The first-order valence-electron chi connectivity index (χ1n) is 30.0. The second kappa shape index (κ2) is 37.9. The average molecular weight is 1190 g/mol. The maximum Gasteiger partial charge on any atom is 0.306 e. The predicted octanol–water partition coefficient (Wildman–Crippen LogP) is 14.1. The number of esters is 2. The van der Waals surface area contributed by atoms with Gasteiger partial charge in [-0.05, 0) is 70.9 Å². The largest absolute Gasteiger partial charge is 0.756 e. The molecule has 0 saturated carbocycles. The second-order valence-electron chi connectivity index (χ2n) is 20.9. The molecule has 1 aliphatic carbocycles. The number of hydrogen-bond donors (Lipinski definition) is 1. The van der Waals surface area contributed by atoms with Crippen molar-refractivity contribution in [3.63, 3.8) is 0 Å². The van der Waals surface area contributed by atoms with Gasteiger partial charge in [-0.15, -0.1) is 6.54 Å². The van der Waals surface area contributed by atoms with Crippen molar-refractivity contribution in [2.75, 3.05) is 63.7 Å². The van der Waals surface area contributed by atoms with Gasteiger partial charge in [-0.1, -0.05) is 148 Å². The van der Waals surface area contributed by atoms with E-state index in [-0.39, 0.29) is 29.5 Å². The van der Waals surface area contributed by atoms with Crippen molar-refractivity contribution in [2.24, 2.45) is 0 Å². The molecule has 2 atom stereocenters. The fourth-order valence-electron chi connectivity index (χ4n) is 9.99. The van der Waals surface area contributed by atoms with Crippen LogP contribution < -0.4 is 25.9 Å². The first-order valence-corrected chi connectivity index (χ1v) is 34.8. The second-order valence-corrected chi connectivity index (χ2v) is 26.0. The Morgan fingerprint density at radius 1 is 0.654 bits per heavy atom. The molecule has 0 bridgehead atoms. The van der Waals surface area contributed by atoms with Crippen LogP contribution in [0.4, 0.5) is 5.69 Å². The number of hydrogen-bond acceptors (Lipinski definition) is 14. The number of benzene rings is 3. The molecule has 0 radical (unpaired) electrons. The molecule has 81 heavy (non-hydrogen) atoms. The molecule has 2 aromatic carbocycles. The summed E-state index contributed by atoms with van der Waals surface area (Å²) in [4.78, 5) is 40.2. The van der Waals surface area contributed by atoms with Crippen molar-refractivity contribution in [1.82, 2.24) is 10.7 Å². The fourth-order valence-corrected chi connectivity index (χ4v) is 12.7. The first-order chi connectivity index (χ1) is 38.4. The number of sulfonamides is 1. The summed E-state index contributed by atoms with van der Waals surface area (Å²) in [6.45, 7) is 13.1. The molecule has 1 heterocycles. The SMILES string of the molecule is CCCCCCCCCCCCCC(=O)OC[C@H](COP(=O)([O-])OCC[N-]S(=O)(=O)c1ccc(-c2c3ccc(=[N+](CC)CC)cc-3oc3cc(N(CC)CC)ccc23)c(S(C)(=O)=O)c1)OC(=O)CCCCCCCCCCCCC.[NH4+]. The van der Waals surface area contributed by atoms with Crippen LogP contribution in [0.2, 0.25) is 0 Å². The topological polar surface area (TPSA) is 249 Å². The molecule has 0 fully saturated rings. The lowest BCUT2D eigenvalue weighted by Gasteiger charge is -2.27. The van der Waals surface area contributed by atoms with E-state index < -0.39 is 77.0 Å². The van der Waals surface area contributed by atoms with Gasteiger partial charge in [0.1, 0.15) is 41.1 Å². The van der Waals surface area contributed by atoms with Crippen LogP contribution in [0, 0.1) is 0 Å². The Bertz CT molecular complexity index is 2810. The van der Waals surface area contributed by atoms with E-state index in [1.54, 1.807) is 0 Å². The van der Waals surface area contributed by atoms with E-state index in [4.69, 9.17) is 22.9 Å². The number of nitrogens with zero attached hydrogens (tertiary/aromatic N) is 3. The molecular weight excluding hydrogens is 1090 g/mol. The number of carbonyl (C=O) groups is 2. The number of unbranched alkanes of at least 4 members (excludes halogenated alkanes) is 20. The smallest absolute Gasteiger partial charge is 0.306 e. The summed E-state index contributed by atoms with van der Waals surface area (Å²) in [6.07, 6.45) is 24.5. The summed E-state index contributed by atoms with van der Waals surface area (Å²) in [5.74, 6) is -0.565. The number of carbonyl (C=O) groups excluding carboxylic acids is 2. The van der Waals surface area contributed by atoms with Crippen LogP contribution in [0.3, 0.4) is 0 Å². The third-order valence-electron chi connectivity index (χ3n) is 14.6. The maximum atomic E-state index is 13.7. The molecule has 4 N–H and O–H groups in total. The van der Waals surface area contributed by atoms with Crippen molar-refractivity contribution in [1.29, 1.82) is 0 Å². The number of phosphoric acid groups is 1. The van der Waals surface area contributed by atoms with E-state index in [2.05, 4.69) is 55.7 Å². The molecule has 2 aliphatic rings. The van der Waals surface area contributed by atoms with Crippen LogP contribution in [0.1, 0.15) is 196 Å². The fraction of sp³-hybridized carbons (Fsp3) is 0.656. The van der Waals surface area contributed by atoms with Gasteiger partial charge in [0.05, 0.1) is 17.6 Å².